The highest BCUT2D eigenvalue weighted by Crippen LogP contribution is 1.96. The lowest BCUT2D eigenvalue weighted by atomic mass is 10.2. The molecule has 0 aliphatic heterocycles. The van der Waals surface area contributed by atoms with Crippen molar-refractivity contribution in [2.75, 3.05) is 18.8 Å². The molecule has 0 fully saturated rings. The van der Waals surface area contributed by atoms with E-state index >= 15 is 0 Å². The lowest BCUT2D eigenvalue weighted by molar-refractivity contribution is 0.581. The molecule has 0 aliphatic carbocycles. The fourth-order valence-corrected chi connectivity index (χ4v) is 1.99. The third-order valence-corrected chi connectivity index (χ3v) is 3.26. The molecule has 0 aliphatic rings. The van der Waals surface area contributed by atoms with Gasteiger partial charge >= 0.3 is 0 Å². The number of sulfonamides is 1. The number of rotatable bonds is 6. The SMILES string of the molecule is NCCS(=O)(=O)NCCc1cccnc1. The number of pyridine rings is 1. The third kappa shape index (κ3) is 4.87. The normalized spacial score (nSPS) is 11.5. The summed E-state index contributed by atoms with van der Waals surface area (Å²) in [4.78, 5) is 3.94. The van der Waals surface area contributed by atoms with Crippen molar-refractivity contribution in [3.63, 3.8) is 0 Å². The summed E-state index contributed by atoms with van der Waals surface area (Å²) in [5, 5.41) is 0. The molecule has 3 N–H and O–H groups in total. The third-order valence-electron chi connectivity index (χ3n) is 1.85. The molecule has 0 saturated carbocycles. The van der Waals surface area contributed by atoms with Crippen LogP contribution in [0.5, 0.6) is 0 Å². The summed E-state index contributed by atoms with van der Waals surface area (Å²) in [6, 6.07) is 3.73. The van der Waals surface area contributed by atoms with Crippen molar-refractivity contribution in [1.82, 2.24) is 9.71 Å². The van der Waals surface area contributed by atoms with Crippen molar-refractivity contribution in [3.05, 3.63) is 30.1 Å². The zero-order valence-corrected chi connectivity index (χ0v) is 9.20. The van der Waals surface area contributed by atoms with Crippen molar-refractivity contribution in [2.45, 2.75) is 6.42 Å². The number of nitrogens with zero attached hydrogens (tertiary/aromatic N) is 1. The van der Waals surface area contributed by atoms with E-state index in [1.807, 2.05) is 12.1 Å². The molecule has 1 rings (SSSR count). The first-order valence-electron chi connectivity index (χ1n) is 4.70. The molecule has 15 heavy (non-hydrogen) atoms. The zero-order valence-electron chi connectivity index (χ0n) is 8.39. The van der Waals surface area contributed by atoms with Gasteiger partial charge in [0.1, 0.15) is 0 Å². The topological polar surface area (TPSA) is 85.1 Å². The first-order chi connectivity index (χ1) is 7.14. The monoisotopic (exact) mass is 229 g/mol. The van der Waals surface area contributed by atoms with Crippen LogP contribution in [0.1, 0.15) is 5.56 Å². The lowest BCUT2D eigenvalue weighted by Gasteiger charge is -2.04. The molecule has 0 unspecified atom stereocenters. The number of nitrogens with one attached hydrogen (secondary N) is 1. The molecule has 5 nitrogen and oxygen atoms in total. The van der Waals surface area contributed by atoms with Crippen LogP contribution in [0.25, 0.3) is 0 Å². The van der Waals surface area contributed by atoms with E-state index in [1.165, 1.54) is 0 Å². The first-order valence-corrected chi connectivity index (χ1v) is 6.35. The van der Waals surface area contributed by atoms with Gasteiger partial charge < -0.3 is 5.73 Å². The summed E-state index contributed by atoms with van der Waals surface area (Å²) in [6.07, 6.45) is 4.04. The average molecular weight is 229 g/mol. The quantitative estimate of drug-likeness (QED) is 0.689. The fraction of sp³-hybridized carbons (Fsp3) is 0.444. The number of aromatic nitrogens is 1. The van der Waals surface area contributed by atoms with Gasteiger partial charge in [-0.05, 0) is 18.1 Å². The molecule has 0 saturated heterocycles. The summed E-state index contributed by atoms with van der Waals surface area (Å²) in [6.45, 7) is 0.524. The van der Waals surface area contributed by atoms with Crippen LogP contribution in [0.3, 0.4) is 0 Å². The van der Waals surface area contributed by atoms with Crippen molar-refractivity contribution in [3.8, 4) is 0 Å². The number of hydrogen-bond acceptors (Lipinski definition) is 4. The number of nitrogens with two attached hydrogens (primary N) is 1. The van der Waals surface area contributed by atoms with E-state index in [9.17, 15) is 8.42 Å². The Labute approximate surface area is 89.8 Å². The van der Waals surface area contributed by atoms with Gasteiger partial charge in [0.25, 0.3) is 0 Å². The summed E-state index contributed by atoms with van der Waals surface area (Å²) >= 11 is 0. The van der Waals surface area contributed by atoms with Crippen LogP contribution in [0.15, 0.2) is 24.5 Å². The highest BCUT2D eigenvalue weighted by Gasteiger charge is 2.06. The number of hydrogen-bond donors (Lipinski definition) is 2. The van der Waals surface area contributed by atoms with Crippen molar-refractivity contribution >= 4 is 10.0 Å². The highest BCUT2D eigenvalue weighted by molar-refractivity contribution is 7.89. The standard InChI is InChI=1S/C9H15N3O2S/c10-4-7-15(13,14)12-6-3-9-2-1-5-11-8-9/h1-2,5,8,12H,3-4,6-7,10H2. The Hall–Kier alpha value is -0.980. The molecule has 6 heteroatoms. The fourth-order valence-electron chi connectivity index (χ4n) is 1.12. The predicted octanol–water partition coefficient (Wildman–Crippen LogP) is -0.498. The van der Waals surface area contributed by atoms with E-state index in [1.54, 1.807) is 12.4 Å². The van der Waals surface area contributed by atoms with Gasteiger partial charge in [-0.25, -0.2) is 13.1 Å². The van der Waals surface area contributed by atoms with Gasteiger partial charge in [-0.15, -0.1) is 0 Å². The van der Waals surface area contributed by atoms with E-state index < -0.39 is 10.0 Å². The molecule has 0 spiro atoms. The second kappa shape index (κ2) is 5.79. The van der Waals surface area contributed by atoms with Crippen LogP contribution in [0.2, 0.25) is 0 Å². The Bertz CT molecular complexity index is 378. The minimum atomic E-state index is -3.20. The van der Waals surface area contributed by atoms with E-state index in [4.69, 9.17) is 5.73 Å². The van der Waals surface area contributed by atoms with Gasteiger partial charge in [0.2, 0.25) is 10.0 Å². The van der Waals surface area contributed by atoms with Crippen LogP contribution >= 0.6 is 0 Å². The van der Waals surface area contributed by atoms with Gasteiger partial charge in [0, 0.05) is 25.5 Å². The Kier molecular flexibility index (Phi) is 4.67. The zero-order chi connectivity index (χ0) is 11.1. The summed E-state index contributed by atoms with van der Waals surface area (Å²) in [5.74, 6) is -0.0277. The first kappa shape index (κ1) is 12.1. The van der Waals surface area contributed by atoms with E-state index in [0.29, 0.717) is 13.0 Å². The maximum atomic E-state index is 11.2. The smallest absolute Gasteiger partial charge is 0.212 e. The molecular weight excluding hydrogens is 214 g/mol. The highest BCUT2D eigenvalue weighted by atomic mass is 32.2. The van der Waals surface area contributed by atoms with E-state index in [-0.39, 0.29) is 12.3 Å². The van der Waals surface area contributed by atoms with Crippen molar-refractivity contribution < 1.29 is 8.42 Å². The van der Waals surface area contributed by atoms with Crippen LogP contribution in [-0.4, -0.2) is 32.2 Å². The van der Waals surface area contributed by atoms with E-state index in [2.05, 4.69) is 9.71 Å². The molecule has 1 aromatic rings. The lowest BCUT2D eigenvalue weighted by Crippen LogP contribution is -2.31. The Morgan fingerprint density at radius 2 is 2.27 bits per heavy atom. The molecule has 0 amide bonds. The van der Waals surface area contributed by atoms with Gasteiger partial charge in [0.05, 0.1) is 5.75 Å². The van der Waals surface area contributed by atoms with Gasteiger partial charge in [0.15, 0.2) is 0 Å². The molecule has 84 valence electrons. The summed E-state index contributed by atoms with van der Waals surface area (Å²) in [7, 11) is -3.20. The molecular formula is C9H15N3O2S. The second-order valence-corrected chi connectivity index (χ2v) is 5.04. The van der Waals surface area contributed by atoms with Gasteiger partial charge in [-0.1, -0.05) is 6.07 Å². The molecule has 1 heterocycles. The predicted molar refractivity (Wildman–Crippen MR) is 58.8 cm³/mol. The maximum Gasteiger partial charge on any atom is 0.212 e. The average Bonchev–Trinajstić information content (AvgIpc) is 2.19. The van der Waals surface area contributed by atoms with Crippen molar-refractivity contribution in [1.29, 1.82) is 0 Å². The summed E-state index contributed by atoms with van der Waals surface area (Å²) in [5.41, 5.74) is 6.18. The van der Waals surface area contributed by atoms with Crippen molar-refractivity contribution in [2.24, 2.45) is 5.73 Å². The minimum absolute atomic E-state index is 0.0277. The molecule has 0 aromatic carbocycles. The van der Waals surface area contributed by atoms with Gasteiger partial charge in [-0.2, -0.15) is 0 Å². The Morgan fingerprint density at radius 3 is 2.87 bits per heavy atom. The minimum Gasteiger partial charge on any atom is -0.329 e. The van der Waals surface area contributed by atoms with E-state index in [0.717, 1.165) is 5.56 Å². The van der Waals surface area contributed by atoms with Crippen LogP contribution in [0, 0.1) is 0 Å². The Balaban J connectivity index is 2.34. The molecule has 0 radical (unpaired) electrons. The second-order valence-electron chi connectivity index (χ2n) is 3.11. The molecule has 1 aromatic heterocycles. The van der Waals surface area contributed by atoms with Crippen LogP contribution in [-0.2, 0) is 16.4 Å². The summed E-state index contributed by atoms with van der Waals surface area (Å²) < 4.78 is 24.9. The molecule has 0 atom stereocenters. The van der Waals surface area contributed by atoms with Crippen LogP contribution < -0.4 is 10.5 Å². The molecule has 0 bridgehead atoms. The largest absolute Gasteiger partial charge is 0.329 e. The maximum absolute atomic E-state index is 11.2. The Morgan fingerprint density at radius 1 is 1.47 bits per heavy atom. The van der Waals surface area contributed by atoms with Crippen LogP contribution in [0.4, 0.5) is 0 Å². The van der Waals surface area contributed by atoms with Gasteiger partial charge in [-0.3, -0.25) is 4.98 Å².